The van der Waals surface area contributed by atoms with Crippen LogP contribution in [0.5, 0.6) is 0 Å². The second-order valence-corrected chi connectivity index (χ2v) is 3.07. The van der Waals surface area contributed by atoms with Crippen LogP contribution in [0.3, 0.4) is 0 Å². The predicted octanol–water partition coefficient (Wildman–Crippen LogP) is 1.59. The second-order valence-electron chi connectivity index (χ2n) is 3.07. The first-order chi connectivity index (χ1) is 6.24. The van der Waals surface area contributed by atoms with Gasteiger partial charge >= 0.3 is 0 Å². The number of nitrogens with zero attached hydrogens (tertiary/aromatic N) is 4. The van der Waals surface area contributed by atoms with E-state index in [-0.39, 0.29) is 0 Å². The maximum Gasteiger partial charge on any atom is 0.186 e. The van der Waals surface area contributed by atoms with E-state index in [0.717, 1.165) is 18.5 Å². The molecular weight excluding hydrogens is 164 g/mol. The Hall–Kier alpha value is -1.37. The van der Waals surface area contributed by atoms with Gasteiger partial charge in [0.05, 0.1) is 5.69 Å². The minimum Gasteiger partial charge on any atom is -0.251 e. The van der Waals surface area contributed by atoms with E-state index in [1.165, 1.54) is 0 Å². The van der Waals surface area contributed by atoms with Gasteiger partial charge in [0.15, 0.2) is 5.69 Å². The highest BCUT2D eigenvalue weighted by Gasteiger charge is 2.17. The zero-order chi connectivity index (χ0) is 9.84. The number of aromatic nitrogens is 3. The van der Waals surface area contributed by atoms with Gasteiger partial charge in [-0.3, -0.25) is 4.68 Å². The zero-order valence-corrected chi connectivity index (χ0v) is 8.28. The average Bonchev–Trinajstić information content (AvgIpc) is 2.51. The Labute approximate surface area is 78.2 Å². The van der Waals surface area contributed by atoms with Crippen LogP contribution < -0.4 is 0 Å². The molecule has 1 heterocycles. The van der Waals surface area contributed by atoms with Gasteiger partial charge in [0.2, 0.25) is 0 Å². The third kappa shape index (κ3) is 1.69. The Bertz CT molecular complexity index is 317. The lowest BCUT2D eigenvalue weighted by atomic mass is 9.98. The molecule has 13 heavy (non-hydrogen) atoms. The van der Waals surface area contributed by atoms with Gasteiger partial charge < -0.3 is 0 Å². The van der Waals surface area contributed by atoms with E-state index in [9.17, 15) is 0 Å². The van der Waals surface area contributed by atoms with Crippen molar-refractivity contribution in [3.8, 4) is 6.07 Å². The summed E-state index contributed by atoms with van der Waals surface area (Å²) in [4.78, 5) is 0. The van der Waals surface area contributed by atoms with Crippen molar-refractivity contribution < 1.29 is 0 Å². The summed E-state index contributed by atoms with van der Waals surface area (Å²) in [6.45, 7) is 4.23. The number of hydrogen-bond donors (Lipinski definition) is 0. The van der Waals surface area contributed by atoms with Crippen LogP contribution in [0, 0.1) is 11.3 Å². The summed E-state index contributed by atoms with van der Waals surface area (Å²) in [5.41, 5.74) is 1.43. The summed E-state index contributed by atoms with van der Waals surface area (Å²) in [6, 6.07) is 2.07. The van der Waals surface area contributed by atoms with E-state index in [4.69, 9.17) is 5.26 Å². The summed E-state index contributed by atoms with van der Waals surface area (Å²) in [5, 5.41) is 16.5. The molecular formula is C9H14N4. The molecule has 4 nitrogen and oxygen atoms in total. The quantitative estimate of drug-likeness (QED) is 0.706. The first kappa shape index (κ1) is 9.72. The Morgan fingerprint density at radius 2 is 2.08 bits per heavy atom. The topological polar surface area (TPSA) is 54.5 Å². The molecule has 0 bridgehead atoms. The molecule has 4 heteroatoms. The van der Waals surface area contributed by atoms with Gasteiger partial charge in [-0.2, -0.15) is 5.26 Å². The van der Waals surface area contributed by atoms with E-state index in [1.54, 1.807) is 4.68 Å². The fraction of sp³-hybridized carbons (Fsp3) is 0.667. The zero-order valence-electron chi connectivity index (χ0n) is 8.28. The number of hydrogen-bond acceptors (Lipinski definition) is 3. The SMILES string of the molecule is CCC(CC)c1c(C#N)nnn1C. The van der Waals surface area contributed by atoms with Crippen molar-refractivity contribution in [1.82, 2.24) is 15.0 Å². The van der Waals surface area contributed by atoms with Crippen LogP contribution in [0.4, 0.5) is 0 Å². The van der Waals surface area contributed by atoms with Gasteiger partial charge in [0.1, 0.15) is 6.07 Å². The molecule has 0 atom stereocenters. The molecule has 1 aromatic heterocycles. The summed E-state index contributed by atoms with van der Waals surface area (Å²) < 4.78 is 1.70. The third-order valence-electron chi connectivity index (χ3n) is 2.35. The van der Waals surface area contributed by atoms with Gasteiger partial charge in [0.25, 0.3) is 0 Å². The molecule has 70 valence electrons. The molecule has 0 aliphatic heterocycles. The van der Waals surface area contributed by atoms with Crippen molar-refractivity contribution in [2.24, 2.45) is 7.05 Å². The predicted molar refractivity (Wildman–Crippen MR) is 49.0 cm³/mol. The standard InChI is InChI=1S/C9H14N4/c1-4-7(5-2)9-8(6-10)11-12-13(9)3/h7H,4-5H2,1-3H3. The van der Waals surface area contributed by atoms with E-state index >= 15 is 0 Å². The molecule has 0 aromatic carbocycles. The van der Waals surface area contributed by atoms with Crippen molar-refractivity contribution in [3.63, 3.8) is 0 Å². The highest BCUT2D eigenvalue weighted by atomic mass is 15.4. The van der Waals surface area contributed by atoms with Crippen LogP contribution in [-0.4, -0.2) is 15.0 Å². The van der Waals surface area contributed by atoms with Gasteiger partial charge in [-0.25, -0.2) is 0 Å². The van der Waals surface area contributed by atoms with Gasteiger partial charge in [-0.05, 0) is 12.8 Å². The van der Waals surface area contributed by atoms with Crippen molar-refractivity contribution >= 4 is 0 Å². The molecule has 0 saturated carbocycles. The molecule has 0 aliphatic carbocycles. The minimum absolute atomic E-state index is 0.398. The van der Waals surface area contributed by atoms with Gasteiger partial charge in [-0.1, -0.05) is 19.1 Å². The van der Waals surface area contributed by atoms with E-state index in [2.05, 4.69) is 30.2 Å². The molecule has 0 spiro atoms. The van der Waals surface area contributed by atoms with Crippen molar-refractivity contribution in [1.29, 1.82) is 5.26 Å². The number of aryl methyl sites for hydroxylation is 1. The minimum atomic E-state index is 0.398. The van der Waals surface area contributed by atoms with E-state index in [1.807, 2.05) is 7.05 Å². The van der Waals surface area contributed by atoms with Crippen molar-refractivity contribution in [2.45, 2.75) is 32.6 Å². The maximum atomic E-state index is 8.81. The summed E-state index contributed by atoms with van der Waals surface area (Å²) in [7, 11) is 1.83. The largest absolute Gasteiger partial charge is 0.251 e. The van der Waals surface area contributed by atoms with Crippen LogP contribution in [0.25, 0.3) is 0 Å². The molecule has 1 aromatic rings. The highest BCUT2D eigenvalue weighted by Crippen LogP contribution is 2.23. The molecule has 0 amide bonds. The molecule has 0 radical (unpaired) electrons. The lowest BCUT2D eigenvalue weighted by molar-refractivity contribution is 0.567. The second kappa shape index (κ2) is 4.04. The molecule has 1 rings (SSSR count). The molecule has 0 unspecified atom stereocenters. The fourth-order valence-electron chi connectivity index (χ4n) is 1.58. The molecule has 0 saturated heterocycles. The Balaban J connectivity index is 3.10. The highest BCUT2D eigenvalue weighted by molar-refractivity contribution is 5.27. The molecule has 0 N–H and O–H groups in total. The van der Waals surface area contributed by atoms with Crippen LogP contribution in [0.1, 0.15) is 44.0 Å². The van der Waals surface area contributed by atoms with Crippen LogP contribution in [0.2, 0.25) is 0 Å². The van der Waals surface area contributed by atoms with Crippen LogP contribution in [-0.2, 0) is 7.05 Å². The lowest BCUT2D eigenvalue weighted by Gasteiger charge is -2.11. The number of rotatable bonds is 3. The van der Waals surface area contributed by atoms with Crippen LogP contribution in [0.15, 0.2) is 0 Å². The van der Waals surface area contributed by atoms with Crippen molar-refractivity contribution in [2.75, 3.05) is 0 Å². The fourth-order valence-corrected chi connectivity index (χ4v) is 1.58. The smallest absolute Gasteiger partial charge is 0.186 e. The third-order valence-corrected chi connectivity index (χ3v) is 2.35. The Morgan fingerprint density at radius 3 is 2.54 bits per heavy atom. The van der Waals surface area contributed by atoms with Crippen molar-refractivity contribution in [3.05, 3.63) is 11.4 Å². The van der Waals surface area contributed by atoms with Gasteiger partial charge in [0, 0.05) is 13.0 Å². The molecule has 0 aliphatic rings. The maximum absolute atomic E-state index is 8.81. The summed E-state index contributed by atoms with van der Waals surface area (Å²) in [6.07, 6.45) is 2.04. The monoisotopic (exact) mass is 178 g/mol. The first-order valence-electron chi connectivity index (χ1n) is 4.54. The van der Waals surface area contributed by atoms with E-state index in [0.29, 0.717) is 11.6 Å². The first-order valence-corrected chi connectivity index (χ1v) is 4.54. The van der Waals surface area contributed by atoms with Crippen LogP contribution >= 0.6 is 0 Å². The summed E-state index contributed by atoms with van der Waals surface area (Å²) in [5.74, 6) is 0.398. The average molecular weight is 178 g/mol. The van der Waals surface area contributed by atoms with E-state index < -0.39 is 0 Å². The summed E-state index contributed by atoms with van der Waals surface area (Å²) >= 11 is 0. The Morgan fingerprint density at radius 1 is 1.46 bits per heavy atom. The number of nitriles is 1. The lowest BCUT2D eigenvalue weighted by Crippen LogP contribution is -2.05. The normalized spacial score (nSPS) is 10.4. The Kier molecular flexibility index (Phi) is 3.02. The van der Waals surface area contributed by atoms with Gasteiger partial charge in [-0.15, -0.1) is 5.10 Å². The molecule has 0 fully saturated rings.